The Balaban J connectivity index is 2.49. The molecule has 1 heterocycles. The largest absolute Gasteiger partial charge is 0.493 e. The molecule has 1 N–H and O–H groups in total. The topological polar surface area (TPSA) is 24.5 Å². The van der Waals surface area contributed by atoms with Crippen LogP contribution in [0, 0.1) is 0 Å². The zero-order chi connectivity index (χ0) is 14.8. The van der Waals surface area contributed by atoms with Gasteiger partial charge in [-0.2, -0.15) is 0 Å². The lowest BCUT2D eigenvalue weighted by Crippen LogP contribution is -2.52. The molecular weight excluding hydrogens is 248 g/mol. The monoisotopic (exact) mass is 276 g/mol. The van der Waals surface area contributed by atoms with Crippen LogP contribution in [0.1, 0.15) is 43.9 Å². The number of likely N-dealkylation sites (N-methyl/N-ethyl adjacent to an activating group) is 2. The lowest BCUT2D eigenvalue weighted by molar-refractivity contribution is 0.0905. The molecular formula is C17H28N2O. The Bertz CT molecular complexity index is 452. The first-order valence-electron chi connectivity index (χ1n) is 7.70. The van der Waals surface area contributed by atoms with Gasteiger partial charge in [0.2, 0.25) is 0 Å². The standard InChI is InChI=1S/C17H28N2O/c1-6-17(7-2,19(4)5)16(18-3)14-10-8-9-13-11-12-20-15(13)14/h8-10,16,18H,6-7,11-12H2,1-5H3. The molecule has 0 radical (unpaired) electrons. The first kappa shape index (κ1) is 15.3. The number of benzene rings is 1. The number of rotatable bonds is 6. The molecule has 0 saturated heterocycles. The normalized spacial score (nSPS) is 16.1. The first-order chi connectivity index (χ1) is 9.60. The van der Waals surface area contributed by atoms with E-state index in [1.807, 2.05) is 0 Å². The minimum atomic E-state index is 0.107. The van der Waals surface area contributed by atoms with E-state index in [4.69, 9.17) is 4.74 Å². The Labute approximate surface area is 123 Å². The second-order valence-corrected chi connectivity index (χ2v) is 5.86. The van der Waals surface area contributed by atoms with Gasteiger partial charge in [0.1, 0.15) is 5.75 Å². The van der Waals surface area contributed by atoms with E-state index in [2.05, 4.69) is 63.4 Å². The fourth-order valence-electron chi connectivity index (χ4n) is 3.73. The first-order valence-corrected chi connectivity index (χ1v) is 7.70. The highest BCUT2D eigenvalue weighted by atomic mass is 16.5. The molecule has 2 rings (SSSR count). The summed E-state index contributed by atoms with van der Waals surface area (Å²) >= 11 is 0. The summed E-state index contributed by atoms with van der Waals surface area (Å²) in [6.07, 6.45) is 3.24. The van der Waals surface area contributed by atoms with Crippen molar-refractivity contribution in [3.05, 3.63) is 29.3 Å². The quantitative estimate of drug-likeness (QED) is 0.864. The average molecular weight is 276 g/mol. The highest BCUT2D eigenvalue weighted by Crippen LogP contribution is 2.42. The number of nitrogens with one attached hydrogen (secondary N) is 1. The van der Waals surface area contributed by atoms with Crippen LogP contribution in [0.3, 0.4) is 0 Å². The van der Waals surface area contributed by atoms with Crippen LogP contribution in [0.4, 0.5) is 0 Å². The number of para-hydroxylation sites is 1. The van der Waals surface area contributed by atoms with Crippen molar-refractivity contribution in [2.24, 2.45) is 0 Å². The maximum Gasteiger partial charge on any atom is 0.127 e. The molecule has 0 bridgehead atoms. The molecule has 1 aromatic carbocycles. The summed E-state index contributed by atoms with van der Waals surface area (Å²) in [7, 11) is 6.42. The zero-order valence-electron chi connectivity index (χ0n) is 13.5. The molecule has 20 heavy (non-hydrogen) atoms. The van der Waals surface area contributed by atoms with Gasteiger partial charge in [-0.15, -0.1) is 0 Å². The smallest absolute Gasteiger partial charge is 0.127 e. The van der Waals surface area contributed by atoms with Crippen molar-refractivity contribution in [3.63, 3.8) is 0 Å². The van der Waals surface area contributed by atoms with Gasteiger partial charge in [-0.25, -0.2) is 0 Å². The number of nitrogens with zero attached hydrogens (tertiary/aromatic N) is 1. The summed E-state index contributed by atoms with van der Waals surface area (Å²) in [5.41, 5.74) is 2.76. The van der Waals surface area contributed by atoms with Crippen LogP contribution < -0.4 is 10.1 Å². The third kappa shape index (κ3) is 2.33. The second-order valence-electron chi connectivity index (χ2n) is 5.86. The number of hydrogen-bond donors (Lipinski definition) is 1. The van der Waals surface area contributed by atoms with Crippen molar-refractivity contribution in [1.82, 2.24) is 10.2 Å². The highest BCUT2D eigenvalue weighted by molar-refractivity contribution is 5.46. The Kier molecular flexibility index (Phi) is 4.71. The average Bonchev–Trinajstić information content (AvgIpc) is 2.93. The van der Waals surface area contributed by atoms with E-state index < -0.39 is 0 Å². The summed E-state index contributed by atoms with van der Waals surface area (Å²) in [6, 6.07) is 6.85. The maximum atomic E-state index is 5.92. The molecule has 1 aliphatic rings. The van der Waals surface area contributed by atoms with E-state index in [0.717, 1.165) is 31.6 Å². The molecule has 0 spiro atoms. The van der Waals surface area contributed by atoms with Crippen LogP contribution in [0.25, 0.3) is 0 Å². The Morgan fingerprint density at radius 3 is 2.55 bits per heavy atom. The van der Waals surface area contributed by atoms with E-state index in [1.54, 1.807) is 0 Å². The van der Waals surface area contributed by atoms with Gasteiger partial charge in [0.25, 0.3) is 0 Å². The van der Waals surface area contributed by atoms with Crippen molar-refractivity contribution < 1.29 is 4.74 Å². The minimum Gasteiger partial charge on any atom is -0.493 e. The summed E-state index contributed by atoms with van der Waals surface area (Å²) in [5, 5.41) is 3.55. The molecule has 0 saturated carbocycles. The molecule has 3 nitrogen and oxygen atoms in total. The van der Waals surface area contributed by atoms with Gasteiger partial charge in [0.15, 0.2) is 0 Å². The predicted molar refractivity (Wildman–Crippen MR) is 84.4 cm³/mol. The van der Waals surface area contributed by atoms with Crippen molar-refractivity contribution in [3.8, 4) is 5.75 Å². The lowest BCUT2D eigenvalue weighted by atomic mass is 9.79. The molecule has 0 aromatic heterocycles. The molecule has 0 aliphatic carbocycles. The highest BCUT2D eigenvalue weighted by Gasteiger charge is 2.40. The number of hydrogen-bond acceptors (Lipinski definition) is 3. The SMILES string of the molecule is CCC(CC)(C(NC)c1cccc2c1OCC2)N(C)C. The van der Waals surface area contributed by atoms with Crippen LogP contribution in [-0.2, 0) is 6.42 Å². The summed E-state index contributed by atoms with van der Waals surface area (Å²) in [4.78, 5) is 2.36. The lowest BCUT2D eigenvalue weighted by Gasteiger charge is -2.45. The van der Waals surface area contributed by atoms with Crippen LogP contribution in [-0.4, -0.2) is 38.2 Å². The Hall–Kier alpha value is -1.06. The number of ether oxygens (including phenoxy) is 1. The van der Waals surface area contributed by atoms with Crippen molar-refractivity contribution in [2.45, 2.75) is 44.7 Å². The van der Waals surface area contributed by atoms with E-state index >= 15 is 0 Å². The molecule has 1 aromatic rings. The molecule has 0 amide bonds. The van der Waals surface area contributed by atoms with Gasteiger partial charge in [0.05, 0.1) is 12.6 Å². The van der Waals surface area contributed by atoms with E-state index in [-0.39, 0.29) is 11.6 Å². The van der Waals surface area contributed by atoms with Crippen molar-refractivity contribution in [1.29, 1.82) is 0 Å². The zero-order valence-corrected chi connectivity index (χ0v) is 13.5. The fraction of sp³-hybridized carbons (Fsp3) is 0.647. The molecule has 1 aliphatic heterocycles. The Morgan fingerprint density at radius 2 is 2.00 bits per heavy atom. The van der Waals surface area contributed by atoms with E-state index in [0.29, 0.717) is 0 Å². The third-order valence-corrected chi connectivity index (χ3v) is 5.00. The molecule has 1 atom stereocenters. The maximum absolute atomic E-state index is 5.92. The summed E-state index contributed by atoms with van der Waals surface area (Å²) in [6.45, 7) is 5.37. The van der Waals surface area contributed by atoms with E-state index in [1.165, 1.54) is 11.1 Å². The van der Waals surface area contributed by atoms with Gasteiger partial charge in [0, 0.05) is 17.5 Å². The molecule has 112 valence electrons. The molecule has 1 unspecified atom stereocenters. The Morgan fingerprint density at radius 1 is 1.30 bits per heavy atom. The second kappa shape index (κ2) is 6.15. The van der Waals surface area contributed by atoms with Crippen LogP contribution >= 0.6 is 0 Å². The van der Waals surface area contributed by atoms with Gasteiger partial charge < -0.3 is 15.0 Å². The van der Waals surface area contributed by atoms with Crippen molar-refractivity contribution in [2.75, 3.05) is 27.7 Å². The van der Waals surface area contributed by atoms with Crippen LogP contribution in [0.15, 0.2) is 18.2 Å². The van der Waals surface area contributed by atoms with Gasteiger partial charge in [-0.3, -0.25) is 0 Å². The number of fused-ring (bicyclic) bond motifs is 1. The summed E-state index contributed by atoms with van der Waals surface area (Å²) < 4.78 is 5.92. The molecule has 0 fully saturated rings. The van der Waals surface area contributed by atoms with Gasteiger partial charge in [-0.1, -0.05) is 32.0 Å². The minimum absolute atomic E-state index is 0.107. The molecule has 3 heteroatoms. The van der Waals surface area contributed by atoms with E-state index in [9.17, 15) is 0 Å². The summed E-state index contributed by atoms with van der Waals surface area (Å²) in [5.74, 6) is 1.11. The predicted octanol–water partition coefficient (Wildman–Crippen LogP) is 3.00. The fourth-order valence-corrected chi connectivity index (χ4v) is 3.73. The van der Waals surface area contributed by atoms with Gasteiger partial charge >= 0.3 is 0 Å². The van der Waals surface area contributed by atoms with Crippen molar-refractivity contribution >= 4 is 0 Å². The van der Waals surface area contributed by atoms with Crippen LogP contribution in [0.5, 0.6) is 5.75 Å². The van der Waals surface area contributed by atoms with Gasteiger partial charge in [-0.05, 0) is 39.5 Å². The third-order valence-electron chi connectivity index (χ3n) is 5.00. The van der Waals surface area contributed by atoms with Crippen LogP contribution in [0.2, 0.25) is 0 Å².